The summed E-state index contributed by atoms with van der Waals surface area (Å²) in [6.45, 7) is 3.52. The topological polar surface area (TPSA) is 115 Å². The number of aromatic amines is 2. The summed E-state index contributed by atoms with van der Waals surface area (Å²) in [5, 5.41) is 17.6. The molecule has 0 atom stereocenters. The molecule has 0 fully saturated rings. The molecule has 2 aromatic heterocycles. The van der Waals surface area contributed by atoms with Crippen molar-refractivity contribution >= 4 is 33.8 Å². The van der Waals surface area contributed by atoms with Crippen molar-refractivity contribution in [2.24, 2.45) is 0 Å². The van der Waals surface area contributed by atoms with Gasteiger partial charge in [0.15, 0.2) is 0 Å². The van der Waals surface area contributed by atoms with E-state index in [2.05, 4.69) is 20.2 Å². The molecule has 35 heavy (non-hydrogen) atoms. The van der Waals surface area contributed by atoms with Gasteiger partial charge in [0, 0.05) is 23.4 Å². The minimum Gasteiger partial charge on any atom is -0.465 e. The number of carbonyl (C=O) groups is 1. The van der Waals surface area contributed by atoms with Gasteiger partial charge in [0.2, 0.25) is 5.95 Å². The molecule has 0 radical (unpaired) electrons. The van der Waals surface area contributed by atoms with Crippen LogP contribution in [0, 0.1) is 5.82 Å². The number of nitrogens with one attached hydrogen (secondary N) is 2. The van der Waals surface area contributed by atoms with Crippen LogP contribution in [-0.2, 0) is 6.42 Å². The Bertz CT molecular complexity index is 1640. The summed E-state index contributed by atoms with van der Waals surface area (Å²) >= 11 is 0. The van der Waals surface area contributed by atoms with Crippen molar-refractivity contribution in [2.45, 2.75) is 26.3 Å². The number of fused-ring (bicyclic) bond motifs is 2. The van der Waals surface area contributed by atoms with E-state index < -0.39 is 11.9 Å². The van der Waals surface area contributed by atoms with Gasteiger partial charge in [0.25, 0.3) is 5.56 Å². The standard InChI is InChI=1S/C26H22FN5O3/c1-14(2)32(26(34)35)25-28-21-10-8-16(13-23(21)29-25)19-11-15(7-9-20(19)27)12-22-17-5-3-4-6-18(17)24(33)31-30-22/h3-11,13-14H,12H2,1-2H3,(H,28,29)(H,31,33)(H,34,35). The molecule has 3 aromatic carbocycles. The van der Waals surface area contributed by atoms with Crippen molar-refractivity contribution in [3.8, 4) is 11.1 Å². The first kappa shape index (κ1) is 22.3. The molecule has 3 N–H and O–H groups in total. The Kier molecular flexibility index (Phi) is 5.52. The zero-order valence-electron chi connectivity index (χ0n) is 19.0. The Morgan fingerprint density at radius 3 is 2.60 bits per heavy atom. The average Bonchev–Trinajstić information content (AvgIpc) is 3.24. The average molecular weight is 471 g/mol. The second kappa shape index (κ2) is 8.68. The highest BCUT2D eigenvalue weighted by Gasteiger charge is 2.21. The van der Waals surface area contributed by atoms with E-state index in [0.29, 0.717) is 39.7 Å². The molecule has 2 heterocycles. The second-order valence-electron chi connectivity index (χ2n) is 8.57. The van der Waals surface area contributed by atoms with Gasteiger partial charge in [-0.2, -0.15) is 5.10 Å². The molecule has 1 amide bonds. The van der Waals surface area contributed by atoms with Crippen LogP contribution < -0.4 is 10.5 Å². The molecule has 0 spiro atoms. The number of hydrogen-bond donors (Lipinski definition) is 3. The molecule has 0 aliphatic heterocycles. The molecule has 0 bridgehead atoms. The van der Waals surface area contributed by atoms with Crippen LogP contribution >= 0.6 is 0 Å². The zero-order chi connectivity index (χ0) is 24.7. The van der Waals surface area contributed by atoms with Gasteiger partial charge < -0.3 is 10.1 Å². The summed E-state index contributed by atoms with van der Waals surface area (Å²) in [6, 6.07) is 17.0. The highest BCUT2D eigenvalue weighted by molar-refractivity contribution is 5.89. The van der Waals surface area contributed by atoms with E-state index in [1.165, 1.54) is 6.07 Å². The smallest absolute Gasteiger partial charge is 0.414 e. The summed E-state index contributed by atoms with van der Waals surface area (Å²) in [7, 11) is 0. The molecule has 5 rings (SSSR count). The lowest BCUT2D eigenvalue weighted by Gasteiger charge is -2.19. The van der Waals surface area contributed by atoms with Gasteiger partial charge in [-0.3, -0.25) is 4.79 Å². The van der Waals surface area contributed by atoms with E-state index in [1.807, 2.05) is 12.1 Å². The highest BCUT2D eigenvalue weighted by atomic mass is 19.1. The lowest BCUT2D eigenvalue weighted by atomic mass is 9.98. The number of nitrogens with zero attached hydrogens (tertiary/aromatic N) is 3. The van der Waals surface area contributed by atoms with Crippen molar-refractivity contribution < 1.29 is 14.3 Å². The quantitative estimate of drug-likeness (QED) is 0.330. The molecular formula is C26H22FN5O3. The van der Waals surface area contributed by atoms with Gasteiger partial charge in [-0.15, -0.1) is 0 Å². The third-order valence-electron chi connectivity index (χ3n) is 5.91. The maximum absolute atomic E-state index is 14.9. The molecule has 5 aromatic rings. The van der Waals surface area contributed by atoms with Crippen LogP contribution in [-0.4, -0.2) is 37.4 Å². The van der Waals surface area contributed by atoms with Crippen LogP contribution in [0.4, 0.5) is 15.1 Å². The van der Waals surface area contributed by atoms with E-state index in [1.54, 1.807) is 56.3 Å². The molecule has 0 unspecified atom stereocenters. The molecule has 0 aliphatic rings. The van der Waals surface area contributed by atoms with Gasteiger partial charge in [-0.1, -0.05) is 30.3 Å². The lowest BCUT2D eigenvalue weighted by molar-refractivity contribution is 0.199. The summed E-state index contributed by atoms with van der Waals surface area (Å²) in [5.41, 5.74) is 3.44. The number of benzene rings is 3. The minimum atomic E-state index is -1.11. The molecule has 9 heteroatoms. The number of imidazole rings is 1. The number of H-pyrrole nitrogens is 2. The Labute approximate surface area is 199 Å². The highest BCUT2D eigenvalue weighted by Crippen LogP contribution is 2.29. The number of hydrogen-bond acceptors (Lipinski definition) is 4. The van der Waals surface area contributed by atoms with Crippen LogP contribution in [0.1, 0.15) is 25.1 Å². The van der Waals surface area contributed by atoms with Crippen LogP contribution in [0.3, 0.4) is 0 Å². The van der Waals surface area contributed by atoms with Crippen molar-refractivity contribution in [3.05, 3.63) is 88.1 Å². The second-order valence-corrected chi connectivity index (χ2v) is 8.57. The Balaban J connectivity index is 1.53. The van der Waals surface area contributed by atoms with Crippen LogP contribution in [0.15, 0.2) is 65.5 Å². The predicted molar refractivity (Wildman–Crippen MR) is 132 cm³/mol. The fraction of sp³-hybridized carbons (Fsp3) is 0.154. The number of rotatable bonds is 5. The fourth-order valence-corrected chi connectivity index (χ4v) is 4.23. The Morgan fingerprint density at radius 2 is 1.86 bits per heavy atom. The number of halogens is 1. The third-order valence-corrected chi connectivity index (χ3v) is 5.91. The van der Waals surface area contributed by atoms with Crippen molar-refractivity contribution in [2.75, 3.05) is 4.90 Å². The maximum atomic E-state index is 14.9. The summed E-state index contributed by atoms with van der Waals surface area (Å²) in [4.78, 5) is 32.3. The monoisotopic (exact) mass is 471 g/mol. The minimum absolute atomic E-state index is 0.213. The number of amides is 1. The van der Waals surface area contributed by atoms with Gasteiger partial charge in [-0.05, 0) is 55.3 Å². The van der Waals surface area contributed by atoms with Crippen molar-refractivity contribution in [1.82, 2.24) is 20.2 Å². The maximum Gasteiger partial charge on any atom is 0.414 e. The number of aromatic nitrogens is 4. The molecule has 0 saturated carbocycles. The van der Waals surface area contributed by atoms with Crippen molar-refractivity contribution in [3.63, 3.8) is 0 Å². The van der Waals surface area contributed by atoms with Crippen LogP contribution in [0.2, 0.25) is 0 Å². The number of anilines is 1. The normalized spacial score (nSPS) is 11.4. The van der Waals surface area contributed by atoms with Gasteiger partial charge in [-0.25, -0.2) is 24.2 Å². The van der Waals surface area contributed by atoms with Gasteiger partial charge >= 0.3 is 6.09 Å². The third kappa shape index (κ3) is 4.12. The van der Waals surface area contributed by atoms with E-state index in [9.17, 15) is 19.1 Å². The first-order valence-corrected chi connectivity index (χ1v) is 11.1. The SMILES string of the molecule is CC(C)N(C(=O)O)c1nc2cc(-c3cc(Cc4n[nH]c(=O)c5ccccc45)ccc3F)ccc2[nH]1. The van der Waals surface area contributed by atoms with E-state index in [-0.39, 0.29) is 17.5 Å². The molecule has 176 valence electrons. The first-order valence-electron chi connectivity index (χ1n) is 11.1. The van der Waals surface area contributed by atoms with Crippen molar-refractivity contribution in [1.29, 1.82) is 0 Å². The summed E-state index contributed by atoms with van der Waals surface area (Å²) in [5.74, 6) is -0.178. The summed E-state index contributed by atoms with van der Waals surface area (Å²) in [6.07, 6.45) is -0.706. The predicted octanol–water partition coefficient (Wildman–Crippen LogP) is 5.09. The van der Waals surface area contributed by atoms with Gasteiger partial charge in [0.05, 0.1) is 22.1 Å². The zero-order valence-corrected chi connectivity index (χ0v) is 19.0. The van der Waals surface area contributed by atoms with Crippen LogP contribution in [0.25, 0.3) is 32.9 Å². The largest absolute Gasteiger partial charge is 0.465 e. The lowest BCUT2D eigenvalue weighted by Crippen LogP contribution is -2.36. The Morgan fingerprint density at radius 1 is 1.09 bits per heavy atom. The van der Waals surface area contributed by atoms with E-state index in [0.717, 1.165) is 15.8 Å². The molecule has 0 saturated heterocycles. The first-order chi connectivity index (χ1) is 16.8. The Hall–Kier alpha value is -4.53. The molecule has 0 aliphatic carbocycles. The summed E-state index contributed by atoms with van der Waals surface area (Å²) < 4.78 is 14.9. The molecule has 8 nitrogen and oxygen atoms in total. The number of carboxylic acid groups (broad SMARTS) is 1. The molecular weight excluding hydrogens is 449 g/mol. The van der Waals surface area contributed by atoms with E-state index >= 15 is 0 Å². The van der Waals surface area contributed by atoms with E-state index in [4.69, 9.17) is 0 Å². The fourth-order valence-electron chi connectivity index (χ4n) is 4.23. The van der Waals surface area contributed by atoms with Gasteiger partial charge in [0.1, 0.15) is 5.82 Å². The van der Waals surface area contributed by atoms with Crippen LogP contribution in [0.5, 0.6) is 0 Å².